The Labute approximate surface area is 241 Å². The smallest absolute Gasteiger partial charge is 0.281 e. The van der Waals surface area contributed by atoms with Crippen LogP contribution in [0.3, 0.4) is 0 Å². The molecule has 0 aliphatic carbocycles. The lowest BCUT2D eigenvalue weighted by molar-refractivity contribution is -0.384. The quantitative estimate of drug-likeness (QED) is 0.161. The highest BCUT2D eigenvalue weighted by atomic mass is 79.9. The molecule has 2 aromatic carbocycles. The zero-order valence-electron chi connectivity index (χ0n) is 19.8. The molecule has 1 amide bonds. The van der Waals surface area contributed by atoms with Crippen molar-refractivity contribution >= 4 is 76.9 Å². The maximum Gasteiger partial charge on any atom is 0.281 e. The first kappa shape index (κ1) is 26.5. The van der Waals surface area contributed by atoms with Crippen LogP contribution in [0.25, 0.3) is 16.9 Å². The number of amides is 1. The van der Waals surface area contributed by atoms with Gasteiger partial charge in [0, 0.05) is 30.3 Å². The number of hydrogen-bond acceptors (Lipinski definition) is 8. The van der Waals surface area contributed by atoms with Crippen molar-refractivity contribution in [3.8, 4) is 16.9 Å². The summed E-state index contributed by atoms with van der Waals surface area (Å²) < 4.78 is 2.25. The van der Waals surface area contributed by atoms with Gasteiger partial charge in [-0.15, -0.1) is 11.3 Å². The summed E-state index contributed by atoms with van der Waals surface area (Å²) in [4.78, 5) is 45.3. The number of para-hydroxylation sites is 1. The highest BCUT2D eigenvalue weighted by Gasteiger charge is 2.50. The van der Waals surface area contributed by atoms with E-state index in [4.69, 9.17) is 0 Å². The molecular formula is C24H18Br2N6O4S2. The number of nitro benzene ring substituents is 1. The van der Waals surface area contributed by atoms with E-state index in [1.165, 1.54) is 35.2 Å². The van der Waals surface area contributed by atoms with Gasteiger partial charge in [0.1, 0.15) is 0 Å². The van der Waals surface area contributed by atoms with Gasteiger partial charge in [0.15, 0.2) is 8.82 Å². The third-order valence-electron chi connectivity index (χ3n) is 6.00. The highest BCUT2D eigenvalue weighted by molar-refractivity contribution is 9.14. The highest BCUT2D eigenvalue weighted by Crippen LogP contribution is 2.52. The predicted octanol–water partition coefficient (Wildman–Crippen LogP) is 5.59. The van der Waals surface area contributed by atoms with E-state index in [0.717, 1.165) is 11.4 Å². The lowest BCUT2D eigenvalue weighted by Crippen LogP contribution is -2.34. The fourth-order valence-electron chi connectivity index (χ4n) is 3.97. The molecule has 2 unspecified atom stereocenters. The molecule has 0 spiro atoms. The second-order valence-electron chi connectivity index (χ2n) is 8.28. The number of alkyl halides is 2. The van der Waals surface area contributed by atoms with E-state index in [0.29, 0.717) is 27.1 Å². The van der Waals surface area contributed by atoms with Crippen LogP contribution in [0, 0.1) is 17.0 Å². The topological polar surface area (TPSA) is 124 Å². The van der Waals surface area contributed by atoms with Crippen LogP contribution in [0.4, 0.5) is 10.8 Å². The van der Waals surface area contributed by atoms with Gasteiger partial charge >= 0.3 is 0 Å². The molecule has 14 heteroatoms. The summed E-state index contributed by atoms with van der Waals surface area (Å²) in [6.07, 6.45) is 0. The molecule has 1 N–H and O–H groups in total. The third-order valence-corrected chi connectivity index (χ3v) is 11.3. The molecule has 2 aromatic heterocycles. The van der Waals surface area contributed by atoms with Gasteiger partial charge in [0.05, 0.1) is 26.7 Å². The number of nitrogens with zero attached hydrogens (tertiary/aromatic N) is 5. The van der Waals surface area contributed by atoms with Crippen molar-refractivity contribution in [2.24, 2.45) is 12.0 Å². The average molecular weight is 678 g/mol. The van der Waals surface area contributed by atoms with Crippen molar-refractivity contribution in [3.63, 3.8) is 0 Å². The van der Waals surface area contributed by atoms with Crippen LogP contribution in [0.15, 0.2) is 69.8 Å². The molecule has 194 valence electrons. The first-order valence-electron chi connectivity index (χ1n) is 11.1. The number of nitro groups is 1. The largest absolute Gasteiger partial charge is 0.303 e. The number of carbonyl (C=O) groups excluding carboxylic acids is 1. The van der Waals surface area contributed by atoms with Gasteiger partial charge in [-0.25, -0.2) is 9.67 Å². The molecule has 38 heavy (non-hydrogen) atoms. The Hall–Kier alpha value is -3.07. The summed E-state index contributed by atoms with van der Waals surface area (Å²) in [6, 6.07) is 15.3. The van der Waals surface area contributed by atoms with Gasteiger partial charge in [-0.1, -0.05) is 74.0 Å². The second kappa shape index (κ2) is 10.2. The van der Waals surface area contributed by atoms with E-state index in [9.17, 15) is 19.7 Å². The molecule has 3 heterocycles. The monoisotopic (exact) mass is 676 g/mol. The second-order valence-corrected chi connectivity index (χ2v) is 13.0. The Morgan fingerprint density at radius 1 is 1.16 bits per heavy atom. The maximum absolute atomic E-state index is 13.3. The van der Waals surface area contributed by atoms with E-state index >= 15 is 0 Å². The van der Waals surface area contributed by atoms with Crippen LogP contribution >= 0.6 is 55.0 Å². The van der Waals surface area contributed by atoms with Crippen molar-refractivity contribution in [2.45, 2.75) is 15.4 Å². The number of aromatic nitrogens is 3. The molecule has 0 saturated carbocycles. The summed E-state index contributed by atoms with van der Waals surface area (Å²) in [5.41, 5.74) is 2.96. The number of non-ortho nitro benzene ring substituents is 1. The molecule has 5 rings (SSSR count). The molecule has 1 fully saturated rings. The Bertz CT molecular complexity index is 1650. The molecule has 1 saturated heterocycles. The number of thiazole rings is 1. The summed E-state index contributed by atoms with van der Waals surface area (Å²) in [6.45, 7) is 1.86. The number of carbonyl (C=O) groups is 1. The zero-order chi connectivity index (χ0) is 27.2. The van der Waals surface area contributed by atoms with Crippen molar-refractivity contribution in [1.29, 1.82) is 0 Å². The fourth-order valence-corrected chi connectivity index (χ4v) is 7.27. The molecule has 0 radical (unpaired) electrons. The standard InChI is InChI=1S/C24H18Br2N6O4S2/c1-13-18(20(33)31(30(13)2)15-6-4-3-5-7-15)17-12-37-22(27-17)29-23-28-21(34)24(26,38-23)19(25)14-8-10-16(11-9-14)32(35)36/h3-12,19H,1-2H3,(H,27,28,29,34). The van der Waals surface area contributed by atoms with E-state index in [-0.39, 0.29) is 17.2 Å². The Balaban J connectivity index is 1.41. The Morgan fingerprint density at radius 3 is 2.50 bits per heavy atom. The van der Waals surface area contributed by atoms with Gasteiger partial charge < -0.3 is 5.32 Å². The molecular weight excluding hydrogens is 660 g/mol. The summed E-state index contributed by atoms with van der Waals surface area (Å²) >= 11 is 9.52. The lowest BCUT2D eigenvalue weighted by Gasteiger charge is -2.23. The van der Waals surface area contributed by atoms with Gasteiger partial charge in [0.25, 0.3) is 17.2 Å². The van der Waals surface area contributed by atoms with Gasteiger partial charge in [-0.2, -0.15) is 4.99 Å². The molecule has 1 aliphatic heterocycles. The zero-order valence-corrected chi connectivity index (χ0v) is 24.6. The van der Waals surface area contributed by atoms with E-state index in [1.54, 1.807) is 26.9 Å². The Morgan fingerprint density at radius 2 is 1.84 bits per heavy atom. The van der Waals surface area contributed by atoms with Crippen LogP contribution < -0.4 is 10.9 Å². The van der Waals surface area contributed by atoms with Crippen LogP contribution in [0.2, 0.25) is 0 Å². The third kappa shape index (κ3) is 4.65. The van der Waals surface area contributed by atoms with E-state index in [1.807, 2.05) is 44.3 Å². The van der Waals surface area contributed by atoms with Crippen LogP contribution in [-0.2, 0) is 11.8 Å². The predicted molar refractivity (Wildman–Crippen MR) is 156 cm³/mol. The number of hydrogen-bond donors (Lipinski definition) is 1. The first-order chi connectivity index (χ1) is 18.1. The first-order valence-corrected chi connectivity index (χ1v) is 14.5. The summed E-state index contributed by atoms with van der Waals surface area (Å²) in [7, 11) is 1.82. The van der Waals surface area contributed by atoms with E-state index in [2.05, 4.69) is 47.2 Å². The summed E-state index contributed by atoms with van der Waals surface area (Å²) in [5, 5.41) is 16.2. The number of aliphatic imine (C=N–C) groups is 1. The van der Waals surface area contributed by atoms with Crippen LogP contribution in [-0.4, -0.2) is 34.0 Å². The van der Waals surface area contributed by atoms with Gasteiger partial charge in [0.2, 0.25) is 5.13 Å². The fraction of sp³-hybridized carbons (Fsp3) is 0.167. The minimum Gasteiger partial charge on any atom is -0.303 e. The molecule has 0 bridgehead atoms. The lowest BCUT2D eigenvalue weighted by atomic mass is 10.1. The van der Waals surface area contributed by atoms with Crippen molar-refractivity contribution < 1.29 is 9.72 Å². The number of nitrogens with one attached hydrogen (secondary N) is 1. The number of amidine groups is 1. The molecule has 4 aromatic rings. The number of thioether (sulfide) groups is 1. The van der Waals surface area contributed by atoms with Gasteiger partial charge in [-0.3, -0.25) is 24.4 Å². The number of rotatable bonds is 6. The molecule has 1 aliphatic rings. The number of halogens is 2. The van der Waals surface area contributed by atoms with Crippen molar-refractivity contribution in [3.05, 3.63) is 91.7 Å². The number of benzene rings is 2. The summed E-state index contributed by atoms with van der Waals surface area (Å²) in [5.74, 6) is -0.331. The SMILES string of the molecule is Cc1c(-c2csc(/N=C3\NC(=O)C(Br)(C(Br)c4ccc([N+](=O)[O-])cc4)S3)n2)c(=O)n(-c2ccccc2)n1C. The van der Waals surface area contributed by atoms with E-state index < -0.39 is 13.4 Å². The molecule has 2 atom stereocenters. The maximum atomic E-state index is 13.3. The van der Waals surface area contributed by atoms with Crippen LogP contribution in [0.5, 0.6) is 0 Å². The minimum absolute atomic E-state index is 0.0356. The Kier molecular flexibility index (Phi) is 7.15. The normalized spacial score (nSPS) is 19.1. The van der Waals surface area contributed by atoms with Crippen molar-refractivity contribution in [1.82, 2.24) is 19.7 Å². The van der Waals surface area contributed by atoms with Crippen molar-refractivity contribution in [2.75, 3.05) is 0 Å². The van der Waals surface area contributed by atoms with Gasteiger partial charge in [-0.05, 0) is 24.6 Å². The van der Waals surface area contributed by atoms with Crippen LogP contribution in [0.1, 0.15) is 16.1 Å². The molecule has 10 nitrogen and oxygen atoms in total. The average Bonchev–Trinajstić information content (AvgIpc) is 3.54. The minimum atomic E-state index is -1.14.